The van der Waals surface area contributed by atoms with Gasteiger partial charge in [0.25, 0.3) is 0 Å². The summed E-state index contributed by atoms with van der Waals surface area (Å²) >= 11 is 5.91. The lowest BCUT2D eigenvalue weighted by Gasteiger charge is -2.38. The van der Waals surface area contributed by atoms with E-state index in [0.717, 1.165) is 12.1 Å². The number of nitrogens with two attached hydrogens (primary N) is 1. The summed E-state index contributed by atoms with van der Waals surface area (Å²) in [6, 6.07) is 3.65. The van der Waals surface area contributed by atoms with Gasteiger partial charge in [-0.25, -0.2) is 0 Å². The molecule has 1 aromatic heterocycles. The van der Waals surface area contributed by atoms with E-state index in [2.05, 4.69) is 10.3 Å². The average Bonchev–Trinajstić information content (AvgIpc) is 2.72. The Kier molecular flexibility index (Phi) is 6.73. The topological polar surface area (TPSA) is 105 Å². The van der Waals surface area contributed by atoms with Crippen LogP contribution in [0.1, 0.15) is 47.3 Å². The fraction of sp³-hybridized carbons (Fsp3) is 0.333. The van der Waals surface area contributed by atoms with E-state index in [1.165, 1.54) is 29.4 Å². The van der Waals surface area contributed by atoms with E-state index in [4.69, 9.17) is 17.3 Å². The van der Waals surface area contributed by atoms with Crippen LogP contribution in [0.2, 0.25) is 5.02 Å². The molecule has 3 amide bonds. The van der Waals surface area contributed by atoms with Crippen molar-refractivity contribution in [3.8, 4) is 0 Å². The van der Waals surface area contributed by atoms with Gasteiger partial charge in [0, 0.05) is 17.8 Å². The lowest BCUT2D eigenvalue weighted by atomic mass is 9.89. The Morgan fingerprint density at radius 3 is 2.53 bits per heavy atom. The molecule has 0 saturated carbocycles. The number of pyridine rings is 1. The molecule has 11 heteroatoms. The summed E-state index contributed by atoms with van der Waals surface area (Å²) in [5.41, 5.74) is 4.59. The highest BCUT2D eigenvalue weighted by Gasteiger charge is 2.37. The van der Waals surface area contributed by atoms with Crippen molar-refractivity contribution in [3.05, 3.63) is 58.4 Å². The third kappa shape index (κ3) is 5.37. The van der Waals surface area contributed by atoms with E-state index in [1.807, 2.05) is 6.92 Å². The number of hydrogen-bond donors (Lipinski definition) is 2. The predicted molar refractivity (Wildman–Crippen MR) is 111 cm³/mol. The van der Waals surface area contributed by atoms with Crippen LogP contribution in [0, 0.1) is 5.92 Å². The summed E-state index contributed by atoms with van der Waals surface area (Å²) in [6.45, 7) is 2.07. The molecule has 32 heavy (non-hydrogen) atoms. The van der Waals surface area contributed by atoms with Gasteiger partial charge in [0.1, 0.15) is 0 Å². The third-order valence-electron chi connectivity index (χ3n) is 5.19. The number of hydrogen-bond acceptors (Lipinski definition) is 4. The summed E-state index contributed by atoms with van der Waals surface area (Å²) in [4.78, 5) is 41.9. The maximum absolute atomic E-state index is 13.3. The molecule has 0 bridgehead atoms. The zero-order chi connectivity index (χ0) is 23.6. The first kappa shape index (κ1) is 23.5. The van der Waals surface area contributed by atoms with Gasteiger partial charge < -0.3 is 16.0 Å². The summed E-state index contributed by atoms with van der Waals surface area (Å²) in [5, 5.41) is 2.25. The van der Waals surface area contributed by atoms with Crippen molar-refractivity contribution in [1.29, 1.82) is 0 Å². The first-order chi connectivity index (χ1) is 15.0. The van der Waals surface area contributed by atoms with E-state index in [-0.39, 0.29) is 34.3 Å². The first-order valence-corrected chi connectivity index (χ1v) is 10.1. The number of carbonyl (C=O) groups is 3. The SMILES string of the molecule is CC1CCC(c2cc(Cl)cc(C(F)(F)F)c2)N(C(=O)C(=O)Nc2cncc(C(N)=O)c2)C1. The number of rotatable bonds is 3. The highest BCUT2D eigenvalue weighted by atomic mass is 35.5. The average molecular weight is 469 g/mol. The molecule has 170 valence electrons. The summed E-state index contributed by atoms with van der Waals surface area (Å²) in [7, 11) is 0. The minimum Gasteiger partial charge on any atom is -0.366 e. The van der Waals surface area contributed by atoms with Gasteiger partial charge in [-0.05, 0) is 48.6 Å². The Hall–Kier alpha value is -3.14. The molecule has 0 radical (unpaired) electrons. The normalized spacial score (nSPS) is 18.8. The smallest absolute Gasteiger partial charge is 0.366 e. The van der Waals surface area contributed by atoms with E-state index in [1.54, 1.807) is 0 Å². The second-order valence-corrected chi connectivity index (χ2v) is 8.14. The molecular formula is C21H20ClF3N4O3. The van der Waals surface area contributed by atoms with Crippen LogP contribution in [0.5, 0.6) is 0 Å². The molecule has 2 unspecified atom stereocenters. The maximum Gasteiger partial charge on any atom is 0.416 e. The standard InChI is InChI=1S/C21H20ClF3N4O3/c1-11-2-3-17(12-4-14(21(23,24)25)7-15(22)5-12)29(10-11)20(32)19(31)28-16-6-13(18(26)30)8-27-9-16/h4-9,11,17H,2-3,10H2,1H3,(H2,26,30)(H,28,31). The van der Waals surface area contributed by atoms with Gasteiger partial charge in [-0.1, -0.05) is 18.5 Å². The molecule has 2 atom stereocenters. The number of piperidine rings is 1. The summed E-state index contributed by atoms with van der Waals surface area (Å²) < 4.78 is 39.8. The van der Waals surface area contributed by atoms with Gasteiger partial charge in [-0.15, -0.1) is 0 Å². The molecule has 1 aromatic carbocycles. The van der Waals surface area contributed by atoms with Crippen LogP contribution in [-0.2, 0) is 15.8 Å². The van der Waals surface area contributed by atoms with Crippen LogP contribution in [-0.4, -0.2) is 34.2 Å². The number of benzene rings is 1. The molecule has 1 fully saturated rings. The van der Waals surface area contributed by atoms with Crippen LogP contribution < -0.4 is 11.1 Å². The largest absolute Gasteiger partial charge is 0.416 e. The van der Waals surface area contributed by atoms with Crippen LogP contribution in [0.4, 0.5) is 18.9 Å². The second-order valence-electron chi connectivity index (χ2n) is 7.71. The van der Waals surface area contributed by atoms with Crippen LogP contribution in [0.3, 0.4) is 0 Å². The Bertz CT molecular complexity index is 1060. The van der Waals surface area contributed by atoms with Crippen molar-refractivity contribution in [1.82, 2.24) is 9.88 Å². The molecular weight excluding hydrogens is 449 g/mol. The number of primary amides is 1. The minimum absolute atomic E-state index is 0.0401. The number of nitrogens with one attached hydrogen (secondary N) is 1. The minimum atomic E-state index is -4.60. The Morgan fingerprint density at radius 1 is 1.16 bits per heavy atom. The fourth-order valence-corrected chi connectivity index (χ4v) is 3.89. The van der Waals surface area contributed by atoms with Crippen molar-refractivity contribution >= 4 is 35.0 Å². The molecule has 1 aliphatic heterocycles. The number of amides is 3. The van der Waals surface area contributed by atoms with E-state index < -0.39 is 35.5 Å². The number of anilines is 1. The molecule has 2 heterocycles. The van der Waals surface area contributed by atoms with E-state index >= 15 is 0 Å². The lowest BCUT2D eigenvalue weighted by molar-refractivity contribution is -0.146. The van der Waals surface area contributed by atoms with Gasteiger partial charge in [-0.2, -0.15) is 13.2 Å². The quantitative estimate of drug-likeness (QED) is 0.668. The highest BCUT2D eigenvalue weighted by molar-refractivity contribution is 6.39. The van der Waals surface area contributed by atoms with Crippen molar-refractivity contribution in [3.63, 3.8) is 0 Å². The molecule has 1 aliphatic rings. The molecule has 7 nitrogen and oxygen atoms in total. The number of likely N-dealkylation sites (tertiary alicyclic amines) is 1. The number of aromatic nitrogens is 1. The number of alkyl halides is 3. The Labute approximate surface area is 186 Å². The zero-order valence-electron chi connectivity index (χ0n) is 16.9. The number of halogens is 4. The molecule has 0 aliphatic carbocycles. The van der Waals surface area contributed by atoms with Crippen molar-refractivity contribution < 1.29 is 27.6 Å². The highest BCUT2D eigenvalue weighted by Crippen LogP contribution is 2.38. The number of nitrogens with zero attached hydrogens (tertiary/aromatic N) is 2. The maximum atomic E-state index is 13.3. The molecule has 3 rings (SSSR count). The van der Waals surface area contributed by atoms with Gasteiger partial charge in [-0.3, -0.25) is 19.4 Å². The third-order valence-corrected chi connectivity index (χ3v) is 5.40. The Balaban J connectivity index is 1.87. The monoisotopic (exact) mass is 468 g/mol. The van der Waals surface area contributed by atoms with Gasteiger partial charge in [0.05, 0.1) is 29.1 Å². The van der Waals surface area contributed by atoms with Crippen LogP contribution in [0.25, 0.3) is 0 Å². The summed E-state index contributed by atoms with van der Waals surface area (Å²) in [5.74, 6) is -2.64. The van der Waals surface area contributed by atoms with Crippen molar-refractivity contribution in [2.45, 2.75) is 32.0 Å². The molecule has 0 spiro atoms. The molecule has 2 aromatic rings. The zero-order valence-corrected chi connectivity index (χ0v) is 17.7. The Morgan fingerprint density at radius 2 is 1.88 bits per heavy atom. The lowest BCUT2D eigenvalue weighted by Crippen LogP contribution is -2.46. The fourth-order valence-electron chi connectivity index (χ4n) is 3.65. The molecule has 1 saturated heterocycles. The van der Waals surface area contributed by atoms with E-state index in [0.29, 0.717) is 12.8 Å². The van der Waals surface area contributed by atoms with Gasteiger partial charge in [0.2, 0.25) is 5.91 Å². The van der Waals surface area contributed by atoms with Crippen molar-refractivity contribution in [2.24, 2.45) is 11.7 Å². The summed E-state index contributed by atoms with van der Waals surface area (Å²) in [6.07, 6.45) is -1.13. The van der Waals surface area contributed by atoms with Gasteiger partial charge >= 0.3 is 18.0 Å². The first-order valence-electron chi connectivity index (χ1n) is 9.70. The predicted octanol–water partition coefficient (Wildman–Crippen LogP) is 3.79. The van der Waals surface area contributed by atoms with E-state index in [9.17, 15) is 27.6 Å². The second kappa shape index (κ2) is 9.15. The van der Waals surface area contributed by atoms with Crippen molar-refractivity contribution in [2.75, 3.05) is 11.9 Å². The van der Waals surface area contributed by atoms with Gasteiger partial charge in [0.15, 0.2) is 0 Å². The van der Waals surface area contributed by atoms with Crippen LogP contribution >= 0.6 is 11.6 Å². The number of carbonyl (C=O) groups excluding carboxylic acids is 3. The molecule has 3 N–H and O–H groups in total. The van der Waals surface area contributed by atoms with Crippen LogP contribution in [0.15, 0.2) is 36.7 Å².